The van der Waals surface area contributed by atoms with Crippen LogP contribution in [0.1, 0.15) is 5.56 Å². The number of rotatable bonds is 3. The van der Waals surface area contributed by atoms with Gasteiger partial charge in [0.25, 0.3) is 0 Å². The van der Waals surface area contributed by atoms with Crippen molar-refractivity contribution >= 4 is 55.4 Å². The van der Waals surface area contributed by atoms with Gasteiger partial charge in [-0.3, -0.25) is 9.79 Å². The van der Waals surface area contributed by atoms with Gasteiger partial charge in [0.2, 0.25) is 5.91 Å². The van der Waals surface area contributed by atoms with E-state index in [1.807, 2.05) is 25.1 Å². The molecule has 1 aliphatic rings. The van der Waals surface area contributed by atoms with Crippen LogP contribution in [0.25, 0.3) is 0 Å². The monoisotopic (exact) mass is 344 g/mol. The molecule has 1 N–H and O–H groups in total. The number of carbonyl (C=O) groups excluding carboxylic acids is 1. The van der Waals surface area contributed by atoms with Crippen LogP contribution in [0.5, 0.6) is 0 Å². The maximum Gasteiger partial charge on any atom is 0.234 e. The normalized spacial score (nSPS) is 14.4. The number of hydrogen-bond acceptors (Lipinski definition) is 4. The second kappa shape index (κ2) is 6.63. The van der Waals surface area contributed by atoms with Crippen LogP contribution in [0.4, 0.5) is 5.69 Å². The first kappa shape index (κ1) is 14.0. The van der Waals surface area contributed by atoms with E-state index in [0.717, 1.165) is 32.4 Å². The molecule has 2 rings (SSSR count). The summed E-state index contributed by atoms with van der Waals surface area (Å²) in [6.07, 6.45) is 0. The fourth-order valence-electron chi connectivity index (χ4n) is 1.44. The second-order valence-corrected chi connectivity index (χ2v) is 6.98. The van der Waals surface area contributed by atoms with Crippen LogP contribution in [0, 0.1) is 6.92 Å². The van der Waals surface area contributed by atoms with E-state index >= 15 is 0 Å². The number of halogens is 1. The molecule has 0 radical (unpaired) electrons. The maximum absolute atomic E-state index is 11.8. The van der Waals surface area contributed by atoms with E-state index in [9.17, 15) is 4.79 Å². The molecule has 0 atom stereocenters. The molecule has 6 heteroatoms. The van der Waals surface area contributed by atoms with Gasteiger partial charge in [0.15, 0.2) is 0 Å². The van der Waals surface area contributed by atoms with Crippen molar-refractivity contribution in [3.63, 3.8) is 0 Å². The molecule has 0 fully saturated rings. The minimum Gasteiger partial charge on any atom is -0.324 e. The number of thioether (sulfide) groups is 2. The zero-order valence-corrected chi connectivity index (χ0v) is 13.1. The Labute approximate surface area is 123 Å². The summed E-state index contributed by atoms with van der Waals surface area (Å²) in [4.78, 5) is 16.1. The van der Waals surface area contributed by atoms with Crippen molar-refractivity contribution in [1.82, 2.24) is 0 Å². The third-order valence-corrected chi connectivity index (χ3v) is 5.19. The molecule has 0 unspecified atom stereocenters. The van der Waals surface area contributed by atoms with E-state index < -0.39 is 0 Å². The van der Waals surface area contributed by atoms with Gasteiger partial charge < -0.3 is 5.32 Å². The standard InChI is InChI=1S/C12H13BrN2OS2/c1-8-2-3-10(9(13)6-8)15-11(16)7-18-12-14-4-5-17-12/h2-3,6H,4-5,7H2,1H3,(H,15,16). The fourth-order valence-corrected chi connectivity index (χ4v) is 3.84. The summed E-state index contributed by atoms with van der Waals surface area (Å²) in [5, 5.41) is 2.89. The maximum atomic E-state index is 11.8. The summed E-state index contributed by atoms with van der Waals surface area (Å²) in [7, 11) is 0. The number of amides is 1. The molecule has 1 aromatic carbocycles. The molecule has 0 saturated carbocycles. The summed E-state index contributed by atoms with van der Waals surface area (Å²) in [5.41, 5.74) is 1.97. The van der Waals surface area contributed by atoms with Crippen LogP contribution in [-0.2, 0) is 4.79 Å². The molecular formula is C12H13BrN2OS2. The van der Waals surface area contributed by atoms with Crippen molar-refractivity contribution in [3.8, 4) is 0 Å². The largest absolute Gasteiger partial charge is 0.324 e. The predicted octanol–water partition coefficient (Wildman–Crippen LogP) is 3.53. The zero-order chi connectivity index (χ0) is 13.0. The Balaban J connectivity index is 1.86. The highest BCUT2D eigenvalue weighted by atomic mass is 79.9. The highest BCUT2D eigenvalue weighted by Crippen LogP contribution is 2.25. The minimum absolute atomic E-state index is 0.000229. The van der Waals surface area contributed by atoms with Crippen molar-refractivity contribution in [2.45, 2.75) is 6.92 Å². The number of nitrogens with one attached hydrogen (secondary N) is 1. The van der Waals surface area contributed by atoms with Crippen LogP contribution in [0.15, 0.2) is 27.7 Å². The first-order valence-corrected chi connectivity index (χ1v) is 8.27. The van der Waals surface area contributed by atoms with E-state index in [2.05, 4.69) is 26.2 Å². The van der Waals surface area contributed by atoms with Crippen molar-refractivity contribution in [3.05, 3.63) is 28.2 Å². The summed E-state index contributed by atoms with van der Waals surface area (Å²) in [6, 6.07) is 5.87. The quantitative estimate of drug-likeness (QED) is 0.911. The molecule has 18 heavy (non-hydrogen) atoms. The lowest BCUT2D eigenvalue weighted by atomic mass is 10.2. The van der Waals surface area contributed by atoms with Crippen LogP contribution in [0.3, 0.4) is 0 Å². The van der Waals surface area contributed by atoms with Crippen LogP contribution in [-0.4, -0.2) is 28.3 Å². The Hall–Kier alpha value is -0.460. The number of anilines is 1. The van der Waals surface area contributed by atoms with Gasteiger partial charge in [-0.15, -0.1) is 0 Å². The molecule has 0 bridgehead atoms. The predicted molar refractivity (Wildman–Crippen MR) is 84.7 cm³/mol. The molecule has 0 aromatic heterocycles. The zero-order valence-electron chi connectivity index (χ0n) is 9.90. The SMILES string of the molecule is Cc1ccc(NC(=O)CSC2=NCCS2)c(Br)c1. The third-order valence-electron chi connectivity index (χ3n) is 2.28. The highest BCUT2D eigenvalue weighted by Gasteiger charge is 2.11. The average Bonchev–Trinajstić information content (AvgIpc) is 2.83. The van der Waals surface area contributed by atoms with E-state index in [-0.39, 0.29) is 5.91 Å². The van der Waals surface area contributed by atoms with E-state index in [0.29, 0.717) is 5.75 Å². The van der Waals surface area contributed by atoms with Crippen LogP contribution >= 0.6 is 39.5 Å². The average molecular weight is 345 g/mol. The fraction of sp³-hybridized carbons (Fsp3) is 0.333. The van der Waals surface area contributed by atoms with Crippen molar-refractivity contribution < 1.29 is 4.79 Å². The number of benzene rings is 1. The Kier molecular flexibility index (Phi) is 5.14. The summed E-state index contributed by atoms with van der Waals surface area (Å²) >= 11 is 6.67. The number of aryl methyl sites for hydroxylation is 1. The van der Waals surface area contributed by atoms with E-state index in [1.54, 1.807) is 11.8 Å². The topological polar surface area (TPSA) is 41.5 Å². The molecule has 96 valence electrons. The lowest BCUT2D eigenvalue weighted by Crippen LogP contribution is -2.15. The van der Waals surface area contributed by atoms with Gasteiger partial charge in [0.05, 0.1) is 18.0 Å². The van der Waals surface area contributed by atoms with Crippen molar-refractivity contribution in [2.24, 2.45) is 4.99 Å². The Morgan fingerprint density at radius 1 is 1.61 bits per heavy atom. The lowest BCUT2D eigenvalue weighted by molar-refractivity contribution is -0.113. The number of aliphatic imine (C=N–C) groups is 1. The van der Waals surface area contributed by atoms with Gasteiger partial charge in [0, 0.05) is 10.2 Å². The number of carbonyl (C=O) groups is 1. The molecule has 3 nitrogen and oxygen atoms in total. The van der Waals surface area contributed by atoms with Gasteiger partial charge >= 0.3 is 0 Å². The molecule has 1 heterocycles. The summed E-state index contributed by atoms with van der Waals surface area (Å²) in [5.74, 6) is 1.44. The van der Waals surface area contributed by atoms with Crippen molar-refractivity contribution in [2.75, 3.05) is 23.4 Å². The molecule has 1 aromatic rings. The van der Waals surface area contributed by atoms with E-state index in [1.165, 1.54) is 11.8 Å². The first-order valence-electron chi connectivity index (χ1n) is 5.51. The number of nitrogens with zero attached hydrogens (tertiary/aromatic N) is 1. The smallest absolute Gasteiger partial charge is 0.234 e. The van der Waals surface area contributed by atoms with Gasteiger partial charge in [-0.1, -0.05) is 29.6 Å². The number of hydrogen-bond donors (Lipinski definition) is 1. The first-order chi connectivity index (χ1) is 8.65. The molecule has 1 aliphatic heterocycles. The lowest BCUT2D eigenvalue weighted by Gasteiger charge is -2.07. The Morgan fingerprint density at radius 3 is 3.11 bits per heavy atom. The van der Waals surface area contributed by atoms with E-state index in [4.69, 9.17) is 0 Å². The minimum atomic E-state index is -0.000229. The van der Waals surface area contributed by atoms with Crippen LogP contribution in [0.2, 0.25) is 0 Å². The highest BCUT2D eigenvalue weighted by molar-refractivity contribution is 9.10. The van der Waals surface area contributed by atoms with Crippen molar-refractivity contribution in [1.29, 1.82) is 0 Å². The molecule has 1 amide bonds. The van der Waals surface area contributed by atoms with Gasteiger partial charge in [-0.25, -0.2) is 0 Å². The third kappa shape index (κ3) is 4.03. The molecule has 0 spiro atoms. The second-order valence-electron chi connectivity index (χ2n) is 3.82. The molecule has 0 saturated heterocycles. The van der Waals surface area contributed by atoms with Gasteiger partial charge in [-0.2, -0.15) is 0 Å². The summed E-state index contributed by atoms with van der Waals surface area (Å²) in [6.45, 7) is 2.89. The molecular weight excluding hydrogens is 332 g/mol. The Morgan fingerprint density at radius 2 is 2.44 bits per heavy atom. The Bertz CT molecular complexity index is 491. The summed E-state index contributed by atoms with van der Waals surface area (Å²) < 4.78 is 1.93. The van der Waals surface area contributed by atoms with Gasteiger partial charge in [0.1, 0.15) is 4.38 Å². The van der Waals surface area contributed by atoms with Gasteiger partial charge in [-0.05, 0) is 40.5 Å². The molecule has 0 aliphatic carbocycles. The van der Waals surface area contributed by atoms with Crippen LogP contribution < -0.4 is 5.32 Å².